The van der Waals surface area contributed by atoms with Crippen LogP contribution in [0.5, 0.6) is 0 Å². The SMILES string of the molecule is CC(OC(=O)Nc1ccccc1)C(=O)NC(CC(=O)OC(C)(C)C)C(O)CF. The summed E-state index contributed by atoms with van der Waals surface area (Å²) in [4.78, 5) is 36.0. The Kier molecular flexibility index (Phi) is 8.84. The van der Waals surface area contributed by atoms with Crippen molar-refractivity contribution in [2.75, 3.05) is 12.0 Å². The molecule has 0 saturated carbocycles. The van der Waals surface area contributed by atoms with Crippen molar-refractivity contribution >= 4 is 23.7 Å². The fraction of sp³-hybridized carbons (Fsp3) is 0.526. The molecule has 0 radical (unpaired) electrons. The number of para-hydroxylation sites is 1. The first-order valence-corrected chi connectivity index (χ1v) is 8.80. The lowest BCUT2D eigenvalue weighted by atomic mass is 10.1. The maximum Gasteiger partial charge on any atom is 0.412 e. The second-order valence-electron chi connectivity index (χ2n) is 7.17. The standard InChI is InChI=1S/C19H27FN2O6/c1-12(27-18(26)21-13-8-6-5-7-9-13)17(25)22-14(15(23)11-20)10-16(24)28-19(2,3)4/h5-9,12,14-15,23H,10-11H2,1-4H3,(H,21,26)(H,22,25). The number of nitrogens with one attached hydrogen (secondary N) is 2. The summed E-state index contributed by atoms with van der Waals surface area (Å²) in [5.74, 6) is -1.50. The summed E-state index contributed by atoms with van der Waals surface area (Å²) in [6.07, 6.45) is -4.14. The van der Waals surface area contributed by atoms with E-state index >= 15 is 0 Å². The molecule has 9 heteroatoms. The minimum absolute atomic E-state index is 0.434. The Hall–Kier alpha value is -2.68. The molecule has 0 aliphatic carbocycles. The average molecular weight is 398 g/mol. The van der Waals surface area contributed by atoms with Gasteiger partial charge in [-0.2, -0.15) is 0 Å². The quantitative estimate of drug-likeness (QED) is 0.579. The molecular weight excluding hydrogens is 371 g/mol. The molecule has 0 saturated heterocycles. The Morgan fingerprint density at radius 1 is 1.18 bits per heavy atom. The molecule has 0 heterocycles. The van der Waals surface area contributed by atoms with Crippen molar-refractivity contribution in [3.63, 3.8) is 0 Å². The van der Waals surface area contributed by atoms with Crippen LogP contribution >= 0.6 is 0 Å². The molecule has 156 valence electrons. The third-order valence-corrected chi connectivity index (χ3v) is 3.43. The number of carbonyl (C=O) groups is 3. The van der Waals surface area contributed by atoms with Crippen LogP contribution in [0.2, 0.25) is 0 Å². The van der Waals surface area contributed by atoms with Crippen molar-refractivity contribution in [2.24, 2.45) is 0 Å². The summed E-state index contributed by atoms with van der Waals surface area (Å²) in [5, 5.41) is 14.5. The van der Waals surface area contributed by atoms with Crippen LogP contribution in [0.25, 0.3) is 0 Å². The van der Waals surface area contributed by atoms with Crippen molar-refractivity contribution in [3.05, 3.63) is 30.3 Å². The van der Waals surface area contributed by atoms with Gasteiger partial charge in [0.25, 0.3) is 5.91 Å². The highest BCUT2D eigenvalue weighted by Gasteiger charge is 2.29. The third kappa shape index (κ3) is 8.81. The van der Waals surface area contributed by atoms with Gasteiger partial charge >= 0.3 is 12.1 Å². The minimum atomic E-state index is -1.61. The fourth-order valence-electron chi connectivity index (χ4n) is 2.14. The molecule has 8 nitrogen and oxygen atoms in total. The molecule has 3 N–H and O–H groups in total. The number of hydrogen-bond donors (Lipinski definition) is 3. The van der Waals surface area contributed by atoms with Crippen molar-refractivity contribution in [3.8, 4) is 0 Å². The predicted molar refractivity (Wildman–Crippen MR) is 100 cm³/mol. The average Bonchev–Trinajstić information content (AvgIpc) is 2.59. The van der Waals surface area contributed by atoms with E-state index in [1.165, 1.54) is 6.92 Å². The van der Waals surface area contributed by atoms with Gasteiger partial charge in [0.1, 0.15) is 18.4 Å². The summed E-state index contributed by atoms with van der Waals surface area (Å²) in [5.41, 5.74) is -0.283. The van der Waals surface area contributed by atoms with Gasteiger partial charge in [-0.05, 0) is 39.8 Å². The number of aliphatic hydroxyl groups is 1. The number of amides is 2. The van der Waals surface area contributed by atoms with E-state index in [2.05, 4.69) is 10.6 Å². The number of carbonyl (C=O) groups excluding carboxylic acids is 3. The Balaban J connectivity index is 2.62. The first-order valence-electron chi connectivity index (χ1n) is 8.80. The van der Waals surface area contributed by atoms with E-state index in [1.54, 1.807) is 51.1 Å². The molecule has 0 aliphatic rings. The van der Waals surface area contributed by atoms with Crippen LogP contribution in [-0.4, -0.2) is 53.6 Å². The lowest BCUT2D eigenvalue weighted by molar-refractivity contribution is -0.156. The topological polar surface area (TPSA) is 114 Å². The van der Waals surface area contributed by atoms with Crippen molar-refractivity contribution in [1.82, 2.24) is 5.32 Å². The minimum Gasteiger partial charge on any atom is -0.460 e. The lowest BCUT2D eigenvalue weighted by Crippen LogP contribution is -2.49. The van der Waals surface area contributed by atoms with Crippen molar-refractivity contribution < 1.29 is 33.4 Å². The van der Waals surface area contributed by atoms with E-state index in [4.69, 9.17) is 9.47 Å². The van der Waals surface area contributed by atoms with Crippen LogP contribution in [0.1, 0.15) is 34.1 Å². The number of anilines is 1. The lowest BCUT2D eigenvalue weighted by Gasteiger charge is -2.25. The van der Waals surface area contributed by atoms with E-state index in [-0.39, 0.29) is 0 Å². The Bertz CT molecular complexity index is 662. The van der Waals surface area contributed by atoms with Gasteiger partial charge in [0.15, 0.2) is 6.10 Å². The first kappa shape index (κ1) is 23.4. The molecule has 0 aliphatic heterocycles. The molecule has 2 amide bonds. The molecule has 0 fully saturated rings. The van der Waals surface area contributed by atoms with Crippen LogP contribution < -0.4 is 10.6 Å². The van der Waals surface area contributed by atoms with E-state index in [1.807, 2.05) is 0 Å². The Morgan fingerprint density at radius 2 is 1.79 bits per heavy atom. The highest BCUT2D eigenvalue weighted by Crippen LogP contribution is 2.12. The van der Waals surface area contributed by atoms with Gasteiger partial charge in [0.2, 0.25) is 0 Å². The van der Waals surface area contributed by atoms with E-state index < -0.39 is 54.9 Å². The Morgan fingerprint density at radius 3 is 2.32 bits per heavy atom. The molecule has 3 unspecified atom stereocenters. The molecular formula is C19H27FN2O6. The second-order valence-corrected chi connectivity index (χ2v) is 7.17. The zero-order valence-electron chi connectivity index (χ0n) is 16.4. The molecule has 3 atom stereocenters. The fourth-order valence-corrected chi connectivity index (χ4v) is 2.14. The van der Waals surface area contributed by atoms with Gasteiger partial charge in [-0.1, -0.05) is 18.2 Å². The van der Waals surface area contributed by atoms with Gasteiger partial charge in [0, 0.05) is 5.69 Å². The van der Waals surface area contributed by atoms with E-state index in [0.717, 1.165) is 0 Å². The molecule has 1 aromatic rings. The first-order chi connectivity index (χ1) is 13.0. The van der Waals surface area contributed by atoms with E-state index in [9.17, 15) is 23.9 Å². The van der Waals surface area contributed by atoms with Gasteiger partial charge in [-0.3, -0.25) is 14.9 Å². The highest BCUT2D eigenvalue weighted by atomic mass is 19.1. The largest absolute Gasteiger partial charge is 0.460 e. The predicted octanol–water partition coefficient (Wildman–Crippen LogP) is 2.17. The number of rotatable bonds is 8. The van der Waals surface area contributed by atoms with Crippen LogP contribution in [0.3, 0.4) is 0 Å². The monoisotopic (exact) mass is 398 g/mol. The number of hydrogen-bond acceptors (Lipinski definition) is 6. The molecule has 0 aromatic heterocycles. The van der Waals surface area contributed by atoms with Gasteiger partial charge < -0.3 is 19.9 Å². The zero-order valence-corrected chi connectivity index (χ0v) is 16.4. The van der Waals surface area contributed by atoms with Gasteiger partial charge in [0.05, 0.1) is 12.5 Å². The maximum atomic E-state index is 12.9. The van der Waals surface area contributed by atoms with Crippen molar-refractivity contribution in [1.29, 1.82) is 0 Å². The molecule has 0 spiro atoms. The number of esters is 1. The maximum absolute atomic E-state index is 12.9. The molecule has 0 bridgehead atoms. The summed E-state index contributed by atoms with van der Waals surface area (Å²) >= 11 is 0. The van der Waals surface area contributed by atoms with Crippen LogP contribution in [0.4, 0.5) is 14.9 Å². The second kappa shape index (κ2) is 10.6. The summed E-state index contributed by atoms with van der Waals surface area (Å²) in [6, 6.07) is 7.25. The number of alkyl halides is 1. The van der Waals surface area contributed by atoms with Gasteiger partial charge in [-0.25, -0.2) is 9.18 Å². The summed E-state index contributed by atoms with van der Waals surface area (Å²) in [6.45, 7) is 5.12. The summed E-state index contributed by atoms with van der Waals surface area (Å²) in [7, 11) is 0. The Labute approximate surface area is 163 Å². The number of aliphatic hydroxyl groups excluding tert-OH is 1. The zero-order chi connectivity index (χ0) is 21.3. The van der Waals surface area contributed by atoms with Crippen LogP contribution in [0, 0.1) is 0 Å². The number of ether oxygens (including phenoxy) is 2. The van der Waals surface area contributed by atoms with Crippen LogP contribution in [0.15, 0.2) is 30.3 Å². The van der Waals surface area contributed by atoms with E-state index in [0.29, 0.717) is 5.69 Å². The highest BCUT2D eigenvalue weighted by molar-refractivity contribution is 5.88. The van der Waals surface area contributed by atoms with Gasteiger partial charge in [-0.15, -0.1) is 0 Å². The normalized spacial score (nSPS) is 14.4. The van der Waals surface area contributed by atoms with Crippen LogP contribution in [-0.2, 0) is 19.1 Å². The molecule has 28 heavy (non-hydrogen) atoms. The summed E-state index contributed by atoms with van der Waals surface area (Å²) < 4.78 is 23.0. The molecule has 1 aromatic carbocycles. The molecule has 1 rings (SSSR count). The number of benzene rings is 1. The van der Waals surface area contributed by atoms with Crippen molar-refractivity contribution in [2.45, 2.75) is 58.0 Å². The third-order valence-electron chi connectivity index (χ3n) is 3.43. The number of halogens is 1. The smallest absolute Gasteiger partial charge is 0.412 e.